The lowest BCUT2D eigenvalue weighted by Gasteiger charge is -2.55. The van der Waals surface area contributed by atoms with Crippen LogP contribution in [0.4, 0.5) is 0 Å². The van der Waals surface area contributed by atoms with Crippen molar-refractivity contribution in [1.82, 2.24) is 0 Å². The van der Waals surface area contributed by atoms with Crippen molar-refractivity contribution in [2.24, 2.45) is 22.2 Å². The predicted molar refractivity (Wildman–Crippen MR) is 71.3 cm³/mol. The van der Waals surface area contributed by atoms with Crippen molar-refractivity contribution in [1.29, 1.82) is 0 Å². The smallest absolute Gasteiger partial charge is 0.138 e. The Morgan fingerprint density at radius 3 is 2.61 bits per heavy atom. The molecule has 2 bridgehead atoms. The van der Waals surface area contributed by atoms with Gasteiger partial charge in [0.1, 0.15) is 5.78 Å². The molecule has 18 heavy (non-hydrogen) atoms. The van der Waals surface area contributed by atoms with Gasteiger partial charge in [0, 0.05) is 24.4 Å². The molecule has 0 amide bonds. The summed E-state index contributed by atoms with van der Waals surface area (Å²) >= 11 is 0. The van der Waals surface area contributed by atoms with Crippen molar-refractivity contribution in [2.75, 3.05) is 7.11 Å². The minimum absolute atomic E-state index is 0.0497. The maximum absolute atomic E-state index is 12.2. The molecule has 4 atom stereocenters. The molecule has 0 N–H and O–H groups in total. The van der Waals surface area contributed by atoms with E-state index in [1.807, 2.05) is 7.11 Å². The Labute approximate surface area is 110 Å². The summed E-state index contributed by atoms with van der Waals surface area (Å²) in [6, 6.07) is 0. The maximum atomic E-state index is 12.2. The largest absolute Gasteiger partial charge is 0.381 e. The molecule has 2 nitrogen and oxygen atoms in total. The number of ether oxygens (including phenoxy) is 1. The van der Waals surface area contributed by atoms with Crippen LogP contribution in [0, 0.1) is 22.2 Å². The van der Waals surface area contributed by atoms with Crippen molar-refractivity contribution in [3.05, 3.63) is 0 Å². The molecule has 3 saturated carbocycles. The number of hydrogen-bond acceptors (Lipinski definition) is 2. The van der Waals surface area contributed by atoms with Crippen molar-refractivity contribution >= 4 is 5.78 Å². The summed E-state index contributed by atoms with van der Waals surface area (Å²) in [7, 11) is 1.86. The summed E-state index contributed by atoms with van der Waals surface area (Å²) < 4.78 is 5.86. The molecule has 2 heteroatoms. The van der Waals surface area contributed by atoms with Crippen LogP contribution in [0.15, 0.2) is 0 Å². The van der Waals surface area contributed by atoms with Crippen molar-refractivity contribution in [3.63, 3.8) is 0 Å². The van der Waals surface area contributed by atoms with Crippen LogP contribution in [0.1, 0.15) is 59.3 Å². The number of ketones is 1. The quantitative estimate of drug-likeness (QED) is 0.711. The lowest BCUT2D eigenvalue weighted by Crippen LogP contribution is -2.52. The van der Waals surface area contributed by atoms with E-state index in [2.05, 4.69) is 20.8 Å². The number of carbonyl (C=O) groups is 1. The Morgan fingerprint density at radius 2 is 1.94 bits per heavy atom. The summed E-state index contributed by atoms with van der Waals surface area (Å²) in [5.74, 6) is 1.25. The number of rotatable bonds is 1. The van der Waals surface area contributed by atoms with Gasteiger partial charge in [0.15, 0.2) is 0 Å². The second-order valence-corrected chi connectivity index (χ2v) is 7.90. The molecule has 0 heterocycles. The molecule has 3 aliphatic carbocycles. The highest BCUT2D eigenvalue weighted by atomic mass is 16.5. The van der Waals surface area contributed by atoms with E-state index in [-0.39, 0.29) is 5.41 Å². The molecule has 3 fully saturated rings. The van der Waals surface area contributed by atoms with Crippen LogP contribution in [0.2, 0.25) is 0 Å². The summed E-state index contributed by atoms with van der Waals surface area (Å²) in [6.45, 7) is 7.00. The van der Waals surface area contributed by atoms with Gasteiger partial charge in [-0.1, -0.05) is 20.8 Å². The highest BCUT2D eigenvalue weighted by Crippen LogP contribution is 2.68. The Bertz CT molecular complexity index is 387. The van der Waals surface area contributed by atoms with Gasteiger partial charge in [0.05, 0.1) is 6.10 Å². The van der Waals surface area contributed by atoms with Crippen molar-refractivity contribution in [3.8, 4) is 0 Å². The zero-order valence-electron chi connectivity index (χ0n) is 12.2. The molecule has 3 aliphatic rings. The zero-order chi connectivity index (χ0) is 13.2. The fourth-order valence-corrected chi connectivity index (χ4v) is 5.65. The van der Waals surface area contributed by atoms with E-state index in [9.17, 15) is 4.79 Å². The SMILES string of the molecule is CO[C@H]1CC(C)(C)[C@@H]2CC[C@]3(C)C[C@]12CCC3=O. The van der Waals surface area contributed by atoms with Crippen LogP contribution in [-0.2, 0) is 9.53 Å². The fraction of sp³-hybridized carbons (Fsp3) is 0.938. The molecular formula is C16H26O2. The van der Waals surface area contributed by atoms with E-state index in [4.69, 9.17) is 4.74 Å². The average Bonchev–Trinajstić information content (AvgIpc) is 2.52. The summed E-state index contributed by atoms with van der Waals surface area (Å²) in [5.41, 5.74) is 0.619. The minimum atomic E-state index is -0.0497. The van der Waals surface area contributed by atoms with Gasteiger partial charge in [-0.25, -0.2) is 0 Å². The average molecular weight is 250 g/mol. The monoisotopic (exact) mass is 250 g/mol. The molecule has 0 radical (unpaired) electrons. The normalized spacial score (nSPS) is 50.1. The maximum Gasteiger partial charge on any atom is 0.138 e. The van der Waals surface area contributed by atoms with Gasteiger partial charge in [-0.15, -0.1) is 0 Å². The number of hydrogen-bond donors (Lipinski definition) is 0. The third kappa shape index (κ3) is 1.41. The topological polar surface area (TPSA) is 26.3 Å². The number of methoxy groups -OCH3 is 1. The highest BCUT2D eigenvalue weighted by Gasteiger charge is 2.65. The molecule has 0 aromatic rings. The highest BCUT2D eigenvalue weighted by molar-refractivity contribution is 5.85. The second kappa shape index (κ2) is 3.59. The van der Waals surface area contributed by atoms with E-state index in [1.54, 1.807) is 0 Å². The van der Waals surface area contributed by atoms with Crippen molar-refractivity contribution in [2.45, 2.75) is 65.4 Å². The van der Waals surface area contributed by atoms with Gasteiger partial charge in [-0.3, -0.25) is 4.79 Å². The summed E-state index contributed by atoms with van der Waals surface area (Å²) in [5, 5.41) is 0. The van der Waals surface area contributed by atoms with Gasteiger partial charge in [0.25, 0.3) is 0 Å². The van der Waals surface area contributed by atoms with Crippen LogP contribution in [-0.4, -0.2) is 19.0 Å². The first kappa shape index (κ1) is 12.7. The van der Waals surface area contributed by atoms with E-state index in [0.29, 0.717) is 22.7 Å². The molecule has 102 valence electrons. The summed E-state index contributed by atoms with van der Waals surface area (Å²) in [6.07, 6.45) is 6.76. The predicted octanol–water partition coefficient (Wildman–Crippen LogP) is 3.59. The van der Waals surface area contributed by atoms with Crippen LogP contribution in [0.3, 0.4) is 0 Å². The molecule has 0 saturated heterocycles. The second-order valence-electron chi connectivity index (χ2n) is 7.90. The lowest BCUT2D eigenvalue weighted by atomic mass is 9.49. The standard InChI is InChI=1S/C16H26O2/c1-14(2)9-13(18-4)16-8-6-12(17)15(3,10-16)7-5-11(14)16/h11,13H,5-10H2,1-4H3/t11-,13-,15+,16-/m0/s1. The van der Waals surface area contributed by atoms with Gasteiger partial charge >= 0.3 is 0 Å². The molecule has 3 rings (SSSR count). The van der Waals surface area contributed by atoms with Crippen LogP contribution in [0.25, 0.3) is 0 Å². The minimum Gasteiger partial charge on any atom is -0.381 e. The lowest BCUT2D eigenvalue weighted by molar-refractivity contribution is -0.151. The molecule has 1 spiro atoms. The zero-order valence-corrected chi connectivity index (χ0v) is 12.2. The van der Waals surface area contributed by atoms with Gasteiger partial charge < -0.3 is 4.74 Å². The van der Waals surface area contributed by atoms with Gasteiger partial charge in [-0.2, -0.15) is 0 Å². The third-order valence-electron chi connectivity index (χ3n) is 6.47. The van der Waals surface area contributed by atoms with Crippen molar-refractivity contribution < 1.29 is 9.53 Å². The van der Waals surface area contributed by atoms with Gasteiger partial charge in [0.2, 0.25) is 0 Å². The fourth-order valence-electron chi connectivity index (χ4n) is 5.65. The third-order valence-corrected chi connectivity index (χ3v) is 6.47. The van der Waals surface area contributed by atoms with E-state index < -0.39 is 0 Å². The molecular weight excluding hydrogens is 224 g/mol. The Kier molecular flexibility index (Phi) is 2.53. The number of Topliss-reactive ketones (excluding diaryl/α,β-unsaturated/α-hetero) is 1. The van der Waals surface area contributed by atoms with E-state index in [1.165, 1.54) is 12.8 Å². The van der Waals surface area contributed by atoms with Crippen LogP contribution < -0.4 is 0 Å². The van der Waals surface area contributed by atoms with E-state index in [0.717, 1.165) is 31.6 Å². The first-order valence-electron chi connectivity index (χ1n) is 7.40. The molecule has 0 aliphatic heterocycles. The first-order chi connectivity index (χ1) is 8.34. The Hall–Kier alpha value is -0.370. The molecule has 0 aromatic heterocycles. The molecule has 0 unspecified atom stereocenters. The number of fused-ring (bicyclic) bond motifs is 1. The van der Waals surface area contributed by atoms with E-state index >= 15 is 0 Å². The molecule has 0 aromatic carbocycles. The Morgan fingerprint density at radius 1 is 1.22 bits per heavy atom. The van der Waals surface area contributed by atoms with Crippen LogP contribution in [0.5, 0.6) is 0 Å². The van der Waals surface area contributed by atoms with Crippen LogP contribution >= 0.6 is 0 Å². The summed E-state index contributed by atoms with van der Waals surface area (Å²) in [4.78, 5) is 12.2. The number of carbonyl (C=O) groups excluding carboxylic acids is 1. The Balaban J connectivity index is 2.03. The van der Waals surface area contributed by atoms with Gasteiger partial charge in [-0.05, 0) is 43.4 Å². The first-order valence-corrected chi connectivity index (χ1v) is 7.40.